The van der Waals surface area contributed by atoms with Crippen LogP contribution in [0, 0.1) is 11.8 Å². The molecule has 1 N–H and O–H groups in total. The standard InChI is InChI=1S/C19H28N4O2/c1-13-6-8-15(9-7-13)23-12-14(11-17(23)24)19(25)21-16-5-4-10-20-18(16)22(2)3/h4-5,10,13-15H,6-9,11-12H2,1-3H3,(H,21,25). The Labute approximate surface area is 149 Å². The smallest absolute Gasteiger partial charge is 0.229 e. The number of nitrogens with one attached hydrogen (secondary N) is 1. The van der Waals surface area contributed by atoms with Gasteiger partial charge in [0, 0.05) is 39.3 Å². The predicted octanol–water partition coefficient (Wildman–Crippen LogP) is 2.51. The average molecular weight is 344 g/mol. The summed E-state index contributed by atoms with van der Waals surface area (Å²) >= 11 is 0. The third kappa shape index (κ3) is 3.94. The molecule has 1 aromatic rings. The number of nitrogens with zero attached hydrogens (tertiary/aromatic N) is 3. The van der Waals surface area contributed by atoms with E-state index in [4.69, 9.17) is 0 Å². The molecule has 1 saturated carbocycles. The van der Waals surface area contributed by atoms with Crippen LogP contribution in [0.4, 0.5) is 11.5 Å². The molecule has 2 amide bonds. The second kappa shape index (κ2) is 7.42. The maximum Gasteiger partial charge on any atom is 0.229 e. The van der Waals surface area contributed by atoms with Gasteiger partial charge >= 0.3 is 0 Å². The summed E-state index contributed by atoms with van der Waals surface area (Å²) in [6.45, 7) is 2.82. The zero-order chi connectivity index (χ0) is 18.0. The molecule has 1 saturated heterocycles. The van der Waals surface area contributed by atoms with E-state index in [1.807, 2.05) is 30.0 Å². The van der Waals surface area contributed by atoms with Gasteiger partial charge in [-0.25, -0.2) is 4.98 Å². The van der Waals surface area contributed by atoms with Gasteiger partial charge in [0.15, 0.2) is 5.82 Å². The normalized spacial score (nSPS) is 26.6. The first kappa shape index (κ1) is 17.7. The molecule has 1 aliphatic heterocycles. The van der Waals surface area contributed by atoms with Gasteiger partial charge in [-0.05, 0) is 43.7 Å². The number of anilines is 2. The summed E-state index contributed by atoms with van der Waals surface area (Å²) in [5.74, 6) is 1.23. The van der Waals surface area contributed by atoms with E-state index in [1.54, 1.807) is 12.3 Å². The highest BCUT2D eigenvalue weighted by Gasteiger charge is 2.38. The molecule has 2 aliphatic rings. The maximum absolute atomic E-state index is 12.7. The second-order valence-corrected chi connectivity index (χ2v) is 7.62. The Morgan fingerprint density at radius 1 is 1.28 bits per heavy atom. The third-order valence-electron chi connectivity index (χ3n) is 5.42. The Kier molecular flexibility index (Phi) is 5.25. The van der Waals surface area contributed by atoms with Crippen molar-refractivity contribution in [2.75, 3.05) is 30.9 Å². The monoisotopic (exact) mass is 344 g/mol. The molecule has 136 valence electrons. The predicted molar refractivity (Wildman–Crippen MR) is 98.4 cm³/mol. The Balaban J connectivity index is 1.63. The quantitative estimate of drug-likeness (QED) is 0.911. The largest absolute Gasteiger partial charge is 0.361 e. The highest BCUT2D eigenvalue weighted by Crippen LogP contribution is 2.32. The highest BCUT2D eigenvalue weighted by molar-refractivity contribution is 5.98. The van der Waals surface area contributed by atoms with E-state index in [0.717, 1.165) is 24.6 Å². The summed E-state index contributed by atoms with van der Waals surface area (Å²) < 4.78 is 0. The zero-order valence-corrected chi connectivity index (χ0v) is 15.4. The average Bonchev–Trinajstić information content (AvgIpc) is 2.98. The maximum atomic E-state index is 12.7. The van der Waals surface area contributed by atoms with Crippen molar-refractivity contribution >= 4 is 23.3 Å². The highest BCUT2D eigenvalue weighted by atomic mass is 16.2. The Bertz CT molecular complexity index is 638. The van der Waals surface area contributed by atoms with Crippen molar-refractivity contribution < 1.29 is 9.59 Å². The lowest BCUT2D eigenvalue weighted by molar-refractivity contribution is -0.130. The SMILES string of the molecule is CC1CCC(N2CC(C(=O)Nc3cccnc3N(C)C)CC2=O)CC1. The van der Waals surface area contributed by atoms with Crippen molar-refractivity contribution in [3.05, 3.63) is 18.3 Å². The Morgan fingerprint density at radius 2 is 2.00 bits per heavy atom. The molecule has 6 heteroatoms. The topological polar surface area (TPSA) is 65.5 Å². The van der Waals surface area contributed by atoms with Crippen LogP contribution < -0.4 is 10.2 Å². The van der Waals surface area contributed by atoms with Crippen LogP contribution >= 0.6 is 0 Å². The first-order valence-electron chi connectivity index (χ1n) is 9.18. The van der Waals surface area contributed by atoms with Gasteiger partial charge in [0.25, 0.3) is 0 Å². The number of hydrogen-bond acceptors (Lipinski definition) is 4. The summed E-state index contributed by atoms with van der Waals surface area (Å²) in [4.78, 5) is 33.2. The number of carbonyl (C=O) groups excluding carboxylic acids is 2. The minimum Gasteiger partial charge on any atom is -0.361 e. The van der Waals surface area contributed by atoms with Gasteiger partial charge in [0.1, 0.15) is 0 Å². The summed E-state index contributed by atoms with van der Waals surface area (Å²) in [5, 5.41) is 2.96. The molecule has 0 bridgehead atoms. The van der Waals surface area contributed by atoms with Crippen LogP contribution in [0.1, 0.15) is 39.0 Å². The van der Waals surface area contributed by atoms with Crippen LogP contribution in [0.15, 0.2) is 18.3 Å². The molecule has 0 spiro atoms. The van der Waals surface area contributed by atoms with Gasteiger partial charge in [0.2, 0.25) is 11.8 Å². The molecule has 6 nitrogen and oxygen atoms in total. The summed E-state index contributed by atoms with van der Waals surface area (Å²) in [5.41, 5.74) is 0.690. The van der Waals surface area contributed by atoms with Crippen molar-refractivity contribution in [2.24, 2.45) is 11.8 Å². The first-order chi connectivity index (χ1) is 12.0. The van der Waals surface area contributed by atoms with Gasteiger partial charge in [-0.1, -0.05) is 6.92 Å². The van der Waals surface area contributed by atoms with Gasteiger partial charge in [0.05, 0.1) is 11.6 Å². The number of carbonyl (C=O) groups is 2. The van der Waals surface area contributed by atoms with Crippen molar-refractivity contribution in [3.8, 4) is 0 Å². The van der Waals surface area contributed by atoms with E-state index in [-0.39, 0.29) is 17.7 Å². The van der Waals surface area contributed by atoms with E-state index < -0.39 is 0 Å². The van der Waals surface area contributed by atoms with Gasteiger partial charge < -0.3 is 15.1 Å². The number of hydrogen-bond donors (Lipinski definition) is 1. The molecule has 1 aliphatic carbocycles. The molecule has 2 fully saturated rings. The summed E-state index contributed by atoms with van der Waals surface area (Å²) in [7, 11) is 3.78. The molecule has 25 heavy (non-hydrogen) atoms. The Morgan fingerprint density at radius 3 is 2.68 bits per heavy atom. The fraction of sp³-hybridized carbons (Fsp3) is 0.632. The lowest BCUT2D eigenvalue weighted by Gasteiger charge is -2.33. The molecule has 0 radical (unpaired) electrons. The van der Waals surface area contributed by atoms with E-state index in [9.17, 15) is 9.59 Å². The molecule has 3 rings (SSSR count). The van der Waals surface area contributed by atoms with E-state index in [0.29, 0.717) is 24.7 Å². The number of pyridine rings is 1. The van der Waals surface area contributed by atoms with Crippen LogP contribution in [0.5, 0.6) is 0 Å². The zero-order valence-electron chi connectivity index (χ0n) is 15.4. The lowest BCUT2D eigenvalue weighted by Crippen LogP contribution is -2.39. The number of likely N-dealkylation sites (tertiary alicyclic amines) is 1. The number of amides is 2. The minimum absolute atomic E-state index is 0.0869. The number of rotatable bonds is 4. The molecule has 1 aromatic heterocycles. The van der Waals surface area contributed by atoms with Crippen LogP contribution in [0.25, 0.3) is 0 Å². The van der Waals surface area contributed by atoms with Crippen LogP contribution in [-0.4, -0.2) is 48.4 Å². The van der Waals surface area contributed by atoms with Crippen molar-refractivity contribution in [1.29, 1.82) is 0 Å². The molecule has 2 heterocycles. The van der Waals surface area contributed by atoms with E-state index in [2.05, 4.69) is 17.2 Å². The van der Waals surface area contributed by atoms with Crippen molar-refractivity contribution in [2.45, 2.75) is 45.1 Å². The molecule has 1 unspecified atom stereocenters. The fourth-order valence-corrected chi connectivity index (χ4v) is 3.90. The fourth-order valence-electron chi connectivity index (χ4n) is 3.90. The summed E-state index contributed by atoms with van der Waals surface area (Å²) in [6.07, 6.45) is 6.50. The number of aromatic nitrogens is 1. The molecular formula is C19H28N4O2. The molecular weight excluding hydrogens is 316 g/mol. The molecule has 1 atom stereocenters. The Hall–Kier alpha value is -2.11. The van der Waals surface area contributed by atoms with Gasteiger partial charge in [-0.3, -0.25) is 9.59 Å². The molecule has 0 aromatic carbocycles. The van der Waals surface area contributed by atoms with Crippen LogP contribution in [0.2, 0.25) is 0 Å². The third-order valence-corrected chi connectivity index (χ3v) is 5.42. The second-order valence-electron chi connectivity index (χ2n) is 7.62. The first-order valence-corrected chi connectivity index (χ1v) is 9.18. The van der Waals surface area contributed by atoms with Crippen LogP contribution in [0.3, 0.4) is 0 Å². The van der Waals surface area contributed by atoms with Crippen molar-refractivity contribution in [3.63, 3.8) is 0 Å². The van der Waals surface area contributed by atoms with Gasteiger partial charge in [-0.2, -0.15) is 0 Å². The van der Waals surface area contributed by atoms with E-state index in [1.165, 1.54) is 12.8 Å². The van der Waals surface area contributed by atoms with E-state index >= 15 is 0 Å². The summed E-state index contributed by atoms with van der Waals surface area (Å²) in [6, 6.07) is 3.96. The lowest BCUT2D eigenvalue weighted by atomic mass is 9.87. The van der Waals surface area contributed by atoms with Crippen LogP contribution in [-0.2, 0) is 9.59 Å². The van der Waals surface area contributed by atoms with Gasteiger partial charge in [-0.15, -0.1) is 0 Å². The van der Waals surface area contributed by atoms with Crippen molar-refractivity contribution in [1.82, 2.24) is 9.88 Å². The minimum atomic E-state index is -0.276.